The molecule has 0 saturated heterocycles. The SMILES string of the molecule is CCc1sc(-c2cc(C)on2)nc1-c1ccc(NC(=O)c2cncc(Br)c2C)nc1. The van der Waals surface area contributed by atoms with Crippen molar-refractivity contribution in [2.45, 2.75) is 27.2 Å². The van der Waals surface area contributed by atoms with Gasteiger partial charge in [-0.15, -0.1) is 11.3 Å². The van der Waals surface area contributed by atoms with Gasteiger partial charge in [-0.2, -0.15) is 0 Å². The van der Waals surface area contributed by atoms with Crippen molar-refractivity contribution in [3.05, 3.63) is 63.0 Å². The van der Waals surface area contributed by atoms with E-state index in [9.17, 15) is 4.79 Å². The summed E-state index contributed by atoms with van der Waals surface area (Å²) in [4.78, 5) is 26.9. The lowest BCUT2D eigenvalue weighted by molar-refractivity contribution is 0.102. The zero-order chi connectivity index (χ0) is 21.3. The number of thiazole rings is 1. The molecule has 0 radical (unpaired) electrons. The Balaban J connectivity index is 1.57. The number of aryl methyl sites for hydroxylation is 2. The molecule has 4 aromatic heterocycles. The van der Waals surface area contributed by atoms with Crippen LogP contribution in [0.15, 0.2) is 45.8 Å². The molecule has 0 aliphatic heterocycles. The Kier molecular flexibility index (Phi) is 5.74. The second kappa shape index (κ2) is 8.45. The fraction of sp³-hybridized carbons (Fsp3) is 0.190. The van der Waals surface area contributed by atoms with Crippen molar-refractivity contribution in [2.24, 2.45) is 0 Å². The van der Waals surface area contributed by atoms with E-state index >= 15 is 0 Å². The molecule has 9 heteroatoms. The van der Waals surface area contributed by atoms with Gasteiger partial charge in [0, 0.05) is 39.6 Å². The minimum atomic E-state index is -0.256. The highest BCUT2D eigenvalue weighted by Gasteiger charge is 2.17. The van der Waals surface area contributed by atoms with Crippen LogP contribution in [0.3, 0.4) is 0 Å². The van der Waals surface area contributed by atoms with Crippen LogP contribution in [0.5, 0.6) is 0 Å². The van der Waals surface area contributed by atoms with Gasteiger partial charge in [0.25, 0.3) is 5.91 Å². The predicted octanol–water partition coefficient (Wildman–Crippen LogP) is 5.45. The summed E-state index contributed by atoms with van der Waals surface area (Å²) in [5.74, 6) is 0.953. The van der Waals surface area contributed by atoms with Gasteiger partial charge in [-0.05, 0) is 53.9 Å². The fourth-order valence-corrected chi connectivity index (χ4v) is 4.22. The van der Waals surface area contributed by atoms with Crippen molar-refractivity contribution < 1.29 is 9.32 Å². The molecule has 0 unspecified atom stereocenters. The summed E-state index contributed by atoms with van der Waals surface area (Å²) in [6.07, 6.45) is 5.76. The van der Waals surface area contributed by atoms with Crippen molar-refractivity contribution in [1.82, 2.24) is 20.1 Å². The van der Waals surface area contributed by atoms with Crippen molar-refractivity contribution in [2.75, 3.05) is 5.32 Å². The van der Waals surface area contributed by atoms with Crippen molar-refractivity contribution in [3.63, 3.8) is 0 Å². The Morgan fingerprint density at radius 2 is 2.07 bits per heavy atom. The van der Waals surface area contributed by atoms with E-state index in [1.807, 2.05) is 26.0 Å². The molecule has 0 spiro atoms. The Morgan fingerprint density at radius 3 is 2.73 bits per heavy atom. The summed E-state index contributed by atoms with van der Waals surface area (Å²) in [5, 5.41) is 7.69. The van der Waals surface area contributed by atoms with Crippen LogP contribution < -0.4 is 5.32 Å². The molecule has 0 saturated carbocycles. The maximum atomic E-state index is 12.6. The van der Waals surface area contributed by atoms with Crippen LogP contribution in [0.4, 0.5) is 5.82 Å². The van der Waals surface area contributed by atoms with E-state index in [0.29, 0.717) is 11.4 Å². The van der Waals surface area contributed by atoms with Gasteiger partial charge in [-0.1, -0.05) is 12.1 Å². The van der Waals surface area contributed by atoms with Gasteiger partial charge in [-0.25, -0.2) is 9.97 Å². The summed E-state index contributed by atoms with van der Waals surface area (Å²) < 4.78 is 5.95. The van der Waals surface area contributed by atoms with Crippen molar-refractivity contribution in [3.8, 4) is 22.0 Å². The van der Waals surface area contributed by atoms with Gasteiger partial charge in [0.1, 0.15) is 22.3 Å². The number of hydrogen-bond acceptors (Lipinski definition) is 7. The Hall–Kier alpha value is -2.91. The topological polar surface area (TPSA) is 93.8 Å². The van der Waals surface area contributed by atoms with E-state index < -0.39 is 0 Å². The number of carbonyl (C=O) groups is 1. The predicted molar refractivity (Wildman–Crippen MR) is 120 cm³/mol. The van der Waals surface area contributed by atoms with Crippen LogP contribution in [-0.4, -0.2) is 26.0 Å². The maximum Gasteiger partial charge on any atom is 0.258 e. The molecule has 30 heavy (non-hydrogen) atoms. The van der Waals surface area contributed by atoms with Crippen LogP contribution in [0.2, 0.25) is 0 Å². The Morgan fingerprint density at radius 1 is 1.23 bits per heavy atom. The first-order valence-electron chi connectivity index (χ1n) is 9.27. The van der Waals surface area contributed by atoms with Gasteiger partial charge in [0.05, 0.1) is 11.3 Å². The average molecular weight is 484 g/mol. The number of rotatable bonds is 5. The highest BCUT2D eigenvalue weighted by Crippen LogP contribution is 2.34. The molecule has 0 fully saturated rings. The summed E-state index contributed by atoms with van der Waals surface area (Å²) in [5.41, 5.74) is 3.80. The highest BCUT2D eigenvalue weighted by molar-refractivity contribution is 9.10. The number of amides is 1. The third-order valence-corrected chi connectivity index (χ3v) is 6.56. The first-order valence-corrected chi connectivity index (χ1v) is 10.9. The smallest absolute Gasteiger partial charge is 0.258 e. The summed E-state index contributed by atoms with van der Waals surface area (Å²) in [6, 6.07) is 5.55. The van der Waals surface area contributed by atoms with Crippen molar-refractivity contribution >= 4 is 39.0 Å². The number of nitrogens with one attached hydrogen (secondary N) is 1. The molecule has 4 aromatic rings. The number of carbonyl (C=O) groups excluding carboxylic acids is 1. The van der Waals surface area contributed by atoms with E-state index in [1.54, 1.807) is 36.0 Å². The molecule has 0 aliphatic carbocycles. The maximum absolute atomic E-state index is 12.6. The lowest BCUT2D eigenvalue weighted by atomic mass is 10.1. The molecule has 0 atom stereocenters. The van der Waals surface area contributed by atoms with Crippen LogP contribution in [0.1, 0.15) is 33.5 Å². The number of nitrogens with zero attached hydrogens (tertiary/aromatic N) is 4. The zero-order valence-electron chi connectivity index (χ0n) is 16.6. The molecule has 0 aliphatic rings. The summed E-state index contributed by atoms with van der Waals surface area (Å²) >= 11 is 4.99. The minimum absolute atomic E-state index is 0.256. The number of halogens is 1. The number of anilines is 1. The van der Waals surface area contributed by atoms with E-state index in [2.05, 4.69) is 43.3 Å². The largest absolute Gasteiger partial charge is 0.361 e. The van der Waals surface area contributed by atoms with Gasteiger partial charge in [0.2, 0.25) is 0 Å². The van der Waals surface area contributed by atoms with Crippen molar-refractivity contribution in [1.29, 1.82) is 0 Å². The summed E-state index contributed by atoms with van der Waals surface area (Å²) in [7, 11) is 0. The van der Waals surface area contributed by atoms with E-state index in [1.165, 1.54) is 0 Å². The Bertz CT molecular complexity index is 1220. The van der Waals surface area contributed by atoms with Gasteiger partial charge < -0.3 is 9.84 Å². The second-order valence-corrected chi connectivity index (χ2v) is 8.59. The monoisotopic (exact) mass is 483 g/mol. The molecular weight excluding hydrogens is 466 g/mol. The normalized spacial score (nSPS) is 10.9. The van der Waals surface area contributed by atoms with Gasteiger partial charge in [0.15, 0.2) is 0 Å². The van der Waals surface area contributed by atoms with Crippen LogP contribution >= 0.6 is 27.3 Å². The molecule has 152 valence electrons. The summed E-state index contributed by atoms with van der Waals surface area (Å²) in [6.45, 7) is 5.80. The number of hydrogen-bond donors (Lipinski definition) is 1. The van der Waals surface area contributed by atoms with E-state index in [0.717, 1.165) is 49.1 Å². The number of aromatic nitrogens is 4. The lowest BCUT2D eigenvalue weighted by Gasteiger charge is -2.08. The van der Waals surface area contributed by atoms with E-state index in [4.69, 9.17) is 9.51 Å². The zero-order valence-corrected chi connectivity index (χ0v) is 19.0. The van der Waals surface area contributed by atoms with Gasteiger partial charge >= 0.3 is 0 Å². The molecule has 4 heterocycles. The molecule has 0 bridgehead atoms. The van der Waals surface area contributed by atoms with Crippen LogP contribution in [0, 0.1) is 13.8 Å². The average Bonchev–Trinajstić information content (AvgIpc) is 3.36. The third-order valence-electron chi connectivity index (χ3n) is 4.54. The first kappa shape index (κ1) is 20.4. The second-order valence-electron chi connectivity index (χ2n) is 6.65. The fourth-order valence-electron chi connectivity index (χ4n) is 2.91. The molecule has 1 amide bonds. The van der Waals surface area contributed by atoms with Crippen LogP contribution in [-0.2, 0) is 6.42 Å². The molecule has 0 aromatic carbocycles. The standard InChI is InChI=1S/C21H18BrN5O2S/c1-4-17-19(26-21(30-17)16-7-11(2)29-27-16)13-5-6-18(24-8-13)25-20(28)14-9-23-10-15(22)12(14)3/h5-10H,4H2,1-3H3,(H,24,25,28). The first-order chi connectivity index (χ1) is 14.5. The lowest BCUT2D eigenvalue weighted by Crippen LogP contribution is -2.14. The highest BCUT2D eigenvalue weighted by atomic mass is 79.9. The number of pyridine rings is 2. The Labute approximate surface area is 185 Å². The van der Waals surface area contributed by atoms with Crippen LogP contribution in [0.25, 0.3) is 22.0 Å². The minimum Gasteiger partial charge on any atom is -0.361 e. The third kappa shape index (κ3) is 4.03. The quantitative estimate of drug-likeness (QED) is 0.405. The molecular formula is C21H18BrN5O2S. The molecule has 1 N–H and O–H groups in total. The van der Waals surface area contributed by atoms with E-state index in [-0.39, 0.29) is 5.91 Å². The molecule has 4 rings (SSSR count). The van der Waals surface area contributed by atoms with Gasteiger partial charge in [-0.3, -0.25) is 9.78 Å². The molecule has 7 nitrogen and oxygen atoms in total.